The molecule has 0 spiro atoms. The highest BCUT2D eigenvalue weighted by atomic mass is 16.8. The van der Waals surface area contributed by atoms with Gasteiger partial charge in [0.05, 0.1) is 25.4 Å². The second-order valence-corrected chi connectivity index (χ2v) is 6.34. The lowest BCUT2D eigenvalue weighted by atomic mass is 10.0. The Morgan fingerprint density at radius 3 is 2.62 bits per heavy atom. The number of ether oxygens (including phenoxy) is 3. The maximum atomic E-state index is 12.5. The molecule has 2 aliphatic rings. The number of aliphatic hydroxyl groups excluding tert-OH is 1. The zero-order chi connectivity index (χ0) is 21.0. The van der Waals surface area contributed by atoms with E-state index in [1.165, 1.54) is 6.08 Å². The molecule has 9 nitrogen and oxygen atoms in total. The van der Waals surface area contributed by atoms with Gasteiger partial charge in [0.2, 0.25) is 0 Å². The zero-order valence-electron chi connectivity index (χ0n) is 16.0. The summed E-state index contributed by atoms with van der Waals surface area (Å²) >= 11 is 0. The fourth-order valence-electron chi connectivity index (χ4n) is 2.87. The van der Waals surface area contributed by atoms with Crippen LogP contribution in [-0.4, -0.2) is 47.8 Å². The second kappa shape index (κ2) is 8.78. The van der Waals surface area contributed by atoms with Gasteiger partial charge in [-0.3, -0.25) is 9.59 Å². The van der Waals surface area contributed by atoms with Crippen LogP contribution in [-0.2, 0) is 28.6 Å². The number of fused-ring (bicyclic) bond motifs is 1. The Bertz CT molecular complexity index is 860. The maximum Gasteiger partial charge on any atom is 0.343 e. The number of hydrogen-bond acceptors (Lipinski definition) is 8. The van der Waals surface area contributed by atoms with Gasteiger partial charge in [0.25, 0.3) is 5.91 Å². The van der Waals surface area contributed by atoms with Crippen LogP contribution in [0.15, 0.2) is 53.8 Å². The Hall–Kier alpha value is -3.33. The van der Waals surface area contributed by atoms with E-state index >= 15 is 0 Å². The molecule has 2 heterocycles. The first-order valence-electron chi connectivity index (χ1n) is 9.11. The molecule has 0 aromatic heterocycles. The summed E-state index contributed by atoms with van der Waals surface area (Å²) in [5, 5.41) is 11.0. The quantitative estimate of drug-likeness (QED) is 0.540. The molecule has 0 unspecified atom stereocenters. The predicted octanol–water partition coefficient (Wildman–Crippen LogP) is 1.65. The van der Waals surface area contributed by atoms with Crippen LogP contribution in [0, 0.1) is 5.92 Å². The van der Waals surface area contributed by atoms with Crippen molar-refractivity contribution in [1.29, 1.82) is 0 Å². The summed E-state index contributed by atoms with van der Waals surface area (Å²) < 4.78 is 15.6. The van der Waals surface area contributed by atoms with Crippen LogP contribution in [0.3, 0.4) is 0 Å². The van der Waals surface area contributed by atoms with Crippen molar-refractivity contribution in [3.8, 4) is 0 Å². The lowest BCUT2D eigenvalue weighted by Crippen LogP contribution is -2.31. The van der Waals surface area contributed by atoms with Crippen molar-refractivity contribution >= 4 is 17.8 Å². The highest BCUT2D eigenvalue weighted by Crippen LogP contribution is 2.38. The zero-order valence-corrected chi connectivity index (χ0v) is 16.0. The van der Waals surface area contributed by atoms with Gasteiger partial charge in [-0.25, -0.2) is 4.79 Å². The van der Waals surface area contributed by atoms with Crippen molar-refractivity contribution in [2.24, 2.45) is 5.92 Å². The van der Waals surface area contributed by atoms with E-state index in [0.29, 0.717) is 11.7 Å². The Kier molecular flexibility index (Phi) is 6.18. The van der Waals surface area contributed by atoms with Crippen molar-refractivity contribution in [3.05, 3.63) is 59.4 Å². The van der Waals surface area contributed by atoms with Gasteiger partial charge in [-0.05, 0) is 18.6 Å². The van der Waals surface area contributed by atoms with E-state index in [1.807, 2.05) is 6.92 Å². The van der Waals surface area contributed by atoms with E-state index in [-0.39, 0.29) is 23.0 Å². The highest BCUT2D eigenvalue weighted by molar-refractivity contribution is 5.95. The van der Waals surface area contributed by atoms with Crippen LogP contribution < -0.4 is 0 Å². The summed E-state index contributed by atoms with van der Waals surface area (Å²) in [6.07, 6.45) is 1.13. The van der Waals surface area contributed by atoms with Crippen LogP contribution >= 0.6 is 0 Å². The molecule has 2 atom stereocenters. The van der Waals surface area contributed by atoms with Crippen LogP contribution in [0.1, 0.15) is 30.1 Å². The first-order valence-corrected chi connectivity index (χ1v) is 9.11. The third-order valence-corrected chi connectivity index (χ3v) is 4.37. The van der Waals surface area contributed by atoms with E-state index in [9.17, 15) is 19.5 Å². The second-order valence-electron chi connectivity index (χ2n) is 6.34. The summed E-state index contributed by atoms with van der Waals surface area (Å²) in [6, 6.07) is 8.19. The molecule has 0 aliphatic carbocycles. The molecule has 29 heavy (non-hydrogen) atoms. The molecule has 1 amide bonds. The third kappa shape index (κ3) is 4.09. The third-order valence-electron chi connectivity index (χ3n) is 4.37. The number of benzene rings is 1. The monoisotopic (exact) mass is 403 g/mol. The fraction of sp³-hybridized carbons (Fsp3) is 0.350. The Labute approximate surface area is 167 Å². The number of allylic oxidation sites excluding steroid dienone is 1. The predicted molar refractivity (Wildman–Crippen MR) is 97.3 cm³/mol. The molecule has 2 aliphatic heterocycles. The first kappa shape index (κ1) is 20.4. The summed E-state index contributed by atoms with van der Waals surface area (Å²) in [4.78, 5) is 42.5. The van der Waals surface area contributed by atoms with E-state index in [2.05, 4.69) is 4.74 Å². The van der Waals surface area contributed by atoms with Crippen molar-refractivity contribution in [2.75, 3.05) is 13.7 Å². The number of unbranched alkanes of at least 4 members (excludes halogenated alkanes) is 1. The number of hydroxylamine groups is 2. The van der Waals surface area contributed by atoms with Gasteiger partial charge in [-0.15, -0.1) is 5.06 Å². The molecule has 0 saturated carbocycles. The standard InChI is InChI=1S/C20H21NO8/c1-3-4-10-27-14-11-13(28-19(24)12-8-6-5-7-9-12)16-15(20(25)26-2)17(22)18(23)21(16)29-14/h5-9,11,15,17,22H,3-4,10H2,1-2H3/t15-,17+/m1/s1. The van der Waals surface area contributed by atoms with Crippen molar-refractivity contribution in [3.63, 3.8) is 0 Å². The molecule has 1 saturated heterocycles. The van der Waals surface area contributed by atoms with Crippen molar-refractivity contribution in [1.82, 2.24) is 5.06 Å². The van der Waals surface area contributed by atoms with Gasteiger partial charge < -0.3 is 24.2 Å². The van der Waals surface area contributed by atoms with Crippen molar-refractivity contribution in [2.45, 2.75) is 25.9 Å². The fourth-order valence-corrected chi connectivity index (χ4v) is 2.87. The molecule has 1 fully saturated rings. The van der Waals surface area contributed by atoms with E-state index < -0.39 is 29.9 Å². The van der Waals surface area contributed by atoms with E-state index in [4.69, 9.17) is 14.3 Å². The van der Waals surface area contributed by atoms with Crippen LogP contribution in [0.25, 0.3) is 0 Å². The Balaban J connectivity index is 1.99. The van der Waals surface area contributed by atoms with Crippen LogP contribution in [0.4, 0.5) is 0 Å². The van der Waals surface area contributed by atoms with Gasteiger partial charge >= 0.3 is 17.9 Å². The van der Waals surface area contributed by atoms with Gasteiger partial charge in [0.15, 0.2) is 11.9 Å². The molecular weight excluding hydrogens is 382 g/mol. The SMILES string of the molecule is CCCCOC1=CC(OC(=O)c2ccccc2)=C2[C@@H](C(=O)OC)[C@H](O)C(=O)N2O1. The number of methoxy groups -OCH3 is 1. The normalized spacial score (nSPS) is 20.6. The minimum atomic E-state index is -1.74. The molecule has 0 radical (unpaired) electrons. The number of rotatable bonds is 7. The Morgan fingerprint density at radius 2 is 1.97 bits per heavy atom. The number of esters is 2. The minimum absolute atomic E-state index is 0.0934. The maximum absolute atomic E-state index is 12.5. The highest BCUT2D eigenvalue weighted by Gasteiger charge is 2.54. The molecule has 1 N–H and O–H groups in total. The number of carbonyl (C=O) groups is 3. The number of carbonyl (C=O) groups excluding carboxylic acids is 3. The average molecular weight is 403 g/mol. The van der Waals surface area contributed by atoms with Crippen molar-refractivity contribution < 1.29 is 38.5 Å². The van der Waals surface area contributed by atoms with Gasteiger partial charge in [-0.1, -0.05) is 31.5 Å². The number of hydrogen-bond donors (Lipinski definition) is 1. The van der Waals surface area contributed by atoms with Crippen LogP contribution in [0.2, 0.25) is 0 Å². The molecule has 0 bridgehead atoms. The number of aliphatic hydroxyl groups is 1. The molecular formula is C20H21NO8. The first-order chi connectivity index (χ1) is 14.0. The lowest BCUT2D eigenvalue weighted by molar-refractivity contribution is -0.179. The van der Waals surface area contributed by atoms with E-state index in [1.54, 1.807) is 30.3 Å². The lowest BCUT2D eigenvalue weighted by Gasteiger charge is -2.26. The smallest absolute Gasteiger partial charge is 0.343 e. The van der Waals surface area contributed by atoms with Crippen LogP contribution in [0.5, 0.6) is 0 Å². The van der Waals surface area contributed by atoms with Gasteiger partial charge in [-0.2, -0.15) is 0 Å². The molecule has 9 heteroatoms. The van der Waals surface area contributed by atoms with E-state index in [0.717, 1.165) is 20.0 Å². The Morgan fingerprint density at radius 1 is 1.24 bits per heavy atom. The molecule has 1 aromatic carbocycles. The van der Waals surface area contributed by atoms with Gasteiger partial charge in [0, 0.05) is 0 Å². The summed E-state index contributed by atoms with van der Waals surface area (Å²) in [5.41, 5.74) is 0.140. The molecule has 1 aromatic rings. The summed E-state index contributed by atoms with van der Waals surface area (Å²) in [7, 11) is 1.12. The minimum Gasteiger partial charge on any atom is -0.468 e. The molecule has 3 rings (SSSR count). The largest absolute Gasteiger partial charge is 0.468 e. The average Bonchev–Trinajstić information content (AvgIpc) is 2.99. The summed E-state index contributed by atoms with van der Waals surface area (Å²) in [6.45, 7) is 2.29. The number of nitrogens with zero attached hydrogens (tertiary/aromatic N) is 1. The molecule has 154 valence electrons. The number of amides is 1. The topological polar surface area (TPSA) is 112 Å². The summed E-state index contributed by atoms with van der Waals surface area (Å²) in [5.74, 6) is -4.12. The van der Waals surface area contributed by atoms with Gasteiger partial charge in [0.1, 0.15) is 11.6 Å².